The number of benzene rings is 2. The Bertz CT molecular complexity index is 1410. The van der Waals surface area contributed by atoms with Gasteiger partial charge in [0.25, 0.3) is 0 Å². The molecule has 6 aromatic rings. The molecule has 2 aromatic carbocycles. The van der Waals surface area contributed by atoms with Crippen LogP contribution in [-0.2, 0) is 0 Å². The van der Waals surface area contributed by atoms with E-state index in [9.17, 15) is 0 Å². The summed E-state index contributed by atoms with van der Waals surface area (Å²) in [4.78, 5) is 2.47. The number of thiophene rings is 2. The van der Waals surface area contributed by atoms with E-state index in [0.717, 1.165) is 22.3 Å². The summed E-state index contributed by atoms with van der Waals surface area (Å²) in [7, 11) is 0. The molecule has 0 N–H and O–H groups in total. The highest BCUT2D eigenvalue weighted by Gasteiger charge is 2.16. The van der Waals surface area contributed by atoms with Gasteiger partial charge in [-0.2, -0.15) is 0 Å². The van der Waals surface area contributed by atoms with Crippen molar-refractivity contribution in [3.63, 3.8) is 0 Å². The van der Waals surface area contributed by atoms with Crippen LogP contribution in [-0.4, -0.2) is 0 Å². The molecule has 4 heteroatoms. The molecule has 0 aliphatic heterocycles. The van der Waals surface area contributed by atoms with Crippen LogP contribution in [0.25, 0.3) is 52.3 Å². The molecule has 0 radical (unpaired) electrons. The van der Waals surface area contributed by atoms with Crippen molar-refractivity contribution in [1.82, 2.24) is 0 Å². The van der Waals surface area contributed by atoms with Crippen LogP contribution < -0.4 is 0 Å². The van der Waals surface area contributed by atoms with Crippen LogP contribution >= 0.6 is 22.7 Å². The standard InChI is InChI=1S/C21H12O2S2.C2H6/c1-11-6-7-15-13(8-11)21-17(23-15)10-19(25-21)18-9-16-20(24-18)12-4-2-3-5-14(12)22-16;1-2/h2-10H,1H3;1-2H3. The second kappa shape index (κ2) is 6.25. The first-order valence-corrected chi connectivity index (χ1v) is 10.7. The molecular weight excluding hydrogens is 372 g/mol. The summed E-state index contributed by atoms with van der Waals surface area (Å²) in [6, 6.07) is 18.9. The molecule has 2 nitrogen and oxygen atoms in total. The Balaban J connectivity index is 0.000000777. The van der Waals surface area contributed by atoms with Crippen molar-refractivity contribution in [2.75, 3.05) is 0 Å². The minimum absolute atomic E-state index is 0.955. The van der Waals surface area contributed by atoms with E-state index in [0.29, 0.717) is 0 Å². The highest BCUT2D eigenvalue weighted by atomic mass is 32.1. The predicted octanol–water partition coefficient (Wildman–Crippen LogP) is 8.61. The minimum Gasteiger partial charge on any atom is -0.455 e. The van der Waals surface area contributed by atoms with Gasteiger partial charge < -0.3 is 8.83 Å². The van der Waals surface area contributed by atoms with Gasteiger partial charge in [-0.1, -0.05) is 37.6 Å². The fraction of sp³-hybridized carbons (Fsp3) is 0.130. The number of para-hydroxylation sites is 1. The third-order valence-corrected chi connectivity index (χ3v) is 7.09. The molecule has 4 aromatic heterocycles. The van der Waals surface area contributed by atoms with Crippen LogP contribution in [0, 0.1) is 6.92 Å². The third-order valence-electron chi connectivity index (χ3n) is 4.59. The Morgan fingerprint density at radius 3 is 1.93 bits per heavy atom. The lowest BCUT2D eigenvalue weighted by atomic mass is 10.2. The number of fused-ring (bicyclic) bond motifs is 6. The monoisotopic (exact) mass is 390 g/mol. The highest BCUT2D eigenvalue weighted by Crippen LogP contribution is 2.45. The molecule has 0 aliphatic carbocycles. The van der Waals surface area contributed by atoms with Crippen molar-refractivity contribution in [3.05, 3.63) is 60.2 Å². The SMILES string of the molecule is CC.Cc1ccc2oc3cc(-c4cc5oc6ccccc6c5s4)sc3c2c1. The fourth-order valence-corrected chi connectivity index (χ4v) is 5.70. The summed E-state index contributed by atoms with van der Waals surface area (Å²) in [6.07, 6.45) is 0. The molecule has 0 saturated heterocycles. The Morgan fingerprint density at radius 2 is 1.22 bits per heavy atom. The van der Waals surface area contributed by atoms with Gasteiger partial charge in [-0.15, -0.1) is 22.7 Å². The molecule has 0 fully saturated rings. The van der Waals surface area contributed by atoms with Gasteiger partial charge in [0.1, 0.15) is 22.3 Å². The van der Waals surface area contributed by atoms with Gasteiger partial charge in [0, 0.05) is 32.7 Å². The van der Waals surface area contributed by atoms with E-state index in [1.807, 2.05) is 26.0 Å². The second-order valence-corrected chi connectivity index (χ2v) is 8.41. The highest BCUT2D eigenvalue weighted by molar-refractivity contribution is 7.29. The minimum atomic E-state index is 0.955. The maximum absolute atomic E-state index is 6.03. The lowest BCUT2D eigenvalue weighted by molar-refractivity contribution is 0.669. The van der Waals surface area contributed by atoms with Crippen molar-refractivity contribution in [3.8, 4) is 9.75 Å². The first-order chi connectivity index (χ1) is 13.3. The number of aryl methyl sites for hydroxylation is 1. The molecule has 27 heavy (non-hydrogen) atoms. The molecule has 134 valence electrons. The van der Waals surface area contributed by atoms with E-state index in [1.165, 1.54) is 35.5 Å². The molecule has 0 bridgehead atoms. The van der Waals surface area contributed by atoms with Gasteiger partial charge in [-0.05, 0) is 31.2 Å². The van der Waals surface area contributed by atoms with E-state index >= 15 is 0 Å². The second-order valence-electron chi connectivity index (χ2n) is 6.31. The normalized spacial score (nSPS) is 11.5. The van der Waals surface area contributed by atoms with Gasteiger partial charge in [-0.25, -0.2) is 0 Å². The summed E-state index contributed by atoms with van der Waals surface area (Å²) in [5, 5.41) is 2.40. The molecule has 0 aliphatic rings. The lowest BCUT2D eigenvalue weighted by Crippen LogP contribution is -1.68. The molecule has 0 atom stereocenters. The zero-order valence-electron chi connectivity index (χ0n) is 15.3. The van der Waals surface area contributed by atoms with Gasteiger partial charge >= 0.3 is 0 Å². The topological polar surface area (TPSA) is 26.3 Å². The van der Waals surface area contributed by atoms with Gasteiger partial charge in [0.05, 0.1) is 9.40 Å². The number of hydrogen-bond acceptors (Lipinski definition) is 4. The zero-order valence-corrected chi connectivity index (χ0v) is 17.0. The molecular formula is C23H18O2S2. The molecule has 4 heterocycles. The van der Waals surface area contributed by atoms with E-state index in [1.54, 1.807) is 22.7 Å². The van der Waals surface area contributed by atoms with Crippen molar-refractivity contribution < 1.29 is 8.83 Å². The van der Waals surface area contributed by atoms with E-state index in [-0.39, 0.29) is 0 Å². The van der Waals surface area contributed by atoms with E-state index < -0.39 is 0 Å². The lowest BCUT2D eigenvalue weighted by Gasteiger charge is -1.92. The Kier molecular flexibility index (Phi) is 3.85. The predicted molar refractivity (Wildman–Crippen MR) is 118 cm³/mol. The Labute approximate surface area is 164 Å². The molecule has 0 amide bonds. The quantitative estimate of drug-likeness (QED) is 0.281. The number of rotatable bonds is 1. The first kappa shape index (κ1) is 16.6. The van der Waals surface area contributed by atoms with E-state index in [4.69, 9.17) is 8.83 Å². The Morgan fingerprint density at radius 1 is 0.630 bits per heavy atom. The number of furan rings is 2. The van der Waals surface area contributed by atoms with Crippen LogP contribution in [0.4, 0.5) is 0 Å². The average Bonchev–Trinajstić information content (AvgIpc) is 3.41. The van der Waals surface area contributed by atoms with Crippen LogP contribution in [0.2, 0.25) is 0 Å². The smallest absolute Gasteiger partial charge is 0.146 e. The molecule has 0 saturated carbocycles. The first-order valence-electron chi connectivity index (χ1n) is 9.10. The summed E-state index contributed by atoms with van der Waals surface area (Å²) in [5.74, 6) is 0. The summed E-state index contributed by atoms with van der Waals surface area (Å²) in [6.45, 7) is 6.12. The molecule has 0 spiro atoms. The van der Waals surface area contributed by atoms with E-state index in [2.05, 4.69) is 49.4 Å². The van der Waals surface area contributed by atoms with Gasteiger partial charge in [-0.3, -0.25) is 0 Å². The summed E-state index contributed by atoms with van der Waals surface area (Å²) in [5.41, 5.74) is 5.11. The summed E-state index contributed by atoms with van der Waals surface area (Å²) < 4.78 is 14.5. The van der Waals surface area contributed by atoms with Crippen LogP contribution in [0.15, 0.2) is 63.4 Å². The Hall–Kier alpha value is -2.56. The van der Waals surface area contributed by atoms with Gasteiger partial charge in [0.2, 0.25) is 0 Å². The van der Waals surface area contributed by atoms with Crippen molar-refractivity contribution in [2.24, 2.45) is 0 Å². The fourth-order valence-electron chi connectivity index (χ4n) is 3.41. The van der Waals surface area contributed by atoms with Crippen molar-refractivity contribution in [1.29, 1.82) is 0 Å². The van der Waals surface area contributed by atoms with Crippen molar-refractivity contribution in [2.45, 2.75) is 20.8 Å². The molecule has 0 unspecified atom stereocenters. The van der Waals surface area contributed by atoms with Crippen LogP contribution in [0.1, 0.15) is 19.4 Å². The van der Waals surface area contributed by atoms with Gasteiger partial charge in [0.15, 0.2) is 0 Å². The third kappa shape index (κ3) is 2.52. The van der Waals surface area contributed by atoms with Crippen LogP contribution in [0.3, 0.4) is 0 Å². The van der Waals surface area contributed by atoms with Crippen molar-refractivity contribution >= 4 is 65.2 Å². The zero-order chi connectivity index (χ0) is 18.5. The largest absolute Gasteiger partial charge is 0.455 e. The molecule has 6 rings (SSSR count). The average molecular weight is 391 g/mol. The summed E-state index contributed by atoms with van der Waals surface area (Å²) >= 11 is 3.58. The number of hydrogen-bond donors (Lipinski definition) is 0. The maximum Gasteiger partial charge on any atom is 0.146 e. The van der Waals surface area contributed by atoms with Crippen LogP contribution in [0.5, 0.6) is 0 Å². The maximum atomic E-state index is 6.03.